The van der Waals surface area contributed by atoms with Crippen molar-refractivity contribution in [2.45, 2.75) is 23.0 Å². The van der Waals surface area contributed by atoms with E-state index >= 15 is 0 Å². The number of benzene rings is 1. The van der Waals surface area contributed by atoms with Crippen LogP contribution in [0.2, 0.25) is 0 Å². The summed E-state index contributed by atoms with van der Waals surface area (Å²) in [6.07, 6.45) is 0.891. The summed E-state index contributed by atoms with van der Waals surface area (Å²) < 4.78 is 0. The molecule has 3 fully saturated rings. The van der Waals surface area contributed by atoms with Gasteiger partial charge in [-0.15, -0.1) is 0 Å². The zero-order valence-electron chi connectivity index (χ0n) is 13.6. The first-order valence-corrected chi connectivity index (χ1v) is 10.2. The van der Waals surface area contributed by atoms with Gasteiger partial charge in [0.2, 0.25) is 17.7 Å². The van der Waals surface area contributed by atoms with Crippen LogP contribution in [0.25, 0.3) is 0 Å². The second-order valence-corrected chi connectivity index (χ2v) is 9.24. The number of anilines is 1. The van der Waals surface area contributed by atoms with Gasteiger partial charge in [0.1, 0.15) is 6.54 Å². The number of carbonyl (C=O) groups is 3. The molecule has 25 heavy (non-hydrogen) atoms. The molecule has 3 amide bonds. The van der Waals surface area contributed by atoms with Crippen LogP contribution in [0.3, 0.4) is 0 Å². The Labute approximate surface area is 162 Å². The summed E-state index contributed by atoms with van der Waals surface area (Å²) in [5.41, 5.74) is 1.64. The van der Waals surface area contributed by atoms with E-state index in [0.717, 1.165) is 16.9 Å². The predicted octanol–water partition coefficient (Wildman–Crippen LogP) is 2.71. The van der Waals surface area contributed by atoms with Gasteiger partial charge in [0.05, 0.1) is 11.8 Å². The lowest BCUT2D eigenvalue weighted by Gasteiger charge is -2.28. The fraction of sp³-hybridized carbons (Fsp3) is 0.500. The normalized spacial score (nSPS) is 36.0. The highest BCUT2D eigenvalue weighted by atomic mass is 79.9. The van der Waals surface area contributed by atoms with Gasteiger partial charge in [-0.2, -0.15) is 0 Å². The van der Waals surface area contributed by atoms with Gasteiger partial charge < -0.3 is 5.32 Å². The monoisotopic (exact) mass is 468 g/mol. The van der Waals surface area contributed by atoms with E-state index in [4.69, 9.17) is 0 Å². The summed E-state index contributed by atoms with van der Waals surface area (Å²) in [5, 5.41) is 2.80. The minimum atomic E-state index is -0.339. The Morgan fingerprint density at radius 1 is 1.12 bits per heavy atom. The van der Waals surface area contributed by atoms with Crippen molar-refractivity contribution in [3.8, 4) is 0 Å². The lowest BCUT2D eigenvalue weighted by Crippen LogP contribution is -2.39. The van der Waals surface area contributed by atoms with Crippen molar-refractivity contribution in [2.24, 2.45) is 23.7 Å². The van der Waals surface area contributed by atoms with Gasteiger partial charge >= 0.3 is 0 Å². The maximum atomic E-state index is 12.8. The molecule has 2 bridgehead atoms. The van der Waals surface area contributed by atoms with Crippen molar-refractivity contribution in [2.75, 3.05) is 11.9 Å². The number of alkyl halides is 2. The molecule has 132 valence electrons. The maximum Gasteiger partial charge on any atom is 0.244 e. The molecule has 1 saturated heterocycles. The number of nitrogens with zero attached hydrogens (tertiary/aromatic N) is 1. The van der Waals surface area contributed by atoms with Crippen LogP contribution in [0.5, 0.6) is 0 Å². The fourth-order valence-corrected chi connectivity index (χ4v) is 6.49. The van der Waals surface area contributed by atoms with E-state index in [0.29, 0.717) is 5.69 Å². The number of amides is 3. The van der Waals surface area contributed by atoms with Gasteiger partial charge in [0.25, 0.3) is 0 Å². The number of aryl methyl sites for hydroxylation is 1. The third-order valence-corrected chi connectivity index (χ3v) is 9.01. The molecule has 1 heterocycles. The van der Waals surface area contributed by atoms with Crippen molar-refractivity contribution in [1.82, 2.24) is 4.90 Å². The third-order valence-electron chi connectivity index (χ3n) is 5.80. The second kappa shape index (κ2) is 6.20. The molecular weight excluding hydrogens is 452 g/mol. The predicted molar refractivity (Wildman–Crippen MR) is 101 cm³/mol. The van der Waals surface area contributed by atoms with Crippen molar-refractivity contribution >= 4 is 55.3 Å². The smallest absolute Gasteiger partial charge is 0.244 e. The Balaban J connectivity index is 1.49. The minimum absolute atomic E-state index is 0.167. The summed E-state index contributed by atoms with van der Waals surface area (Å²) in [7, 11) is 0. The molecule has 2 saturated carbocycles. The van der Waals surface area contributed by atoms with E-state index in [1.165, 1.54) is 0 Å². The molecule has 2 aliphatic carbocycles. The molecule has 6 atom stereocenters. The summed E-state index contributed by atoms with van der Waals surface area (Å²) >= 11 is 7.32. The zero-order chi connectivity index (χ0) is 17.9. The SMILES string of the molecule is Cc1ccccc1NC(=O)CN1C(=O)[C@@H]2[C@H]3C[C@@H]([C@@H](Br)[C@H]3Br)[C@H]2C1=O. The number of hydrogen-bond donors (Lipinski definition) is 1. The molecule has 0 radical (unpaired) electrons. The van der Waals surface area contributed by atoms with E-state index in [1.807, 2.05) is 25.1 Å². The Morgan fingerprint density at radius 2 is 1.68 bits per heavy atom. The number of halogens is 2. The fourth-order valence-electron chi connectivity index (χ4n) is 4.61. The van der Waals surface area contributed by atoms with Crippen molar-refractivity contribution in [1.29, 1.82) is 0 Å². The number of carbonyl (C=O) groups excluding carboxylic acids is 3. The molecule has 1 aliphatic heterocycles. The Hall–Kier alpha value is -1.21. The second-order valence-electron chi connectivity index (χ2n) is 7.13. The molecule has 1 aromatic carbocycles. The molecule has 1 aromatic rings. The average molecular weight is 470 g/mol. The molecule has 1 N–H and O–H groups in total. The van der Waals surface area contributed by atoms with E-state index < -0.39 is 0 Å². The van der Waals surface area contributed by atoms with Crippen molar-refractivity contribution in [3.05, 3.63) is 29.8 Å². The number of hydrogen-bond acceptors (Lipinski definition) is 3. The highest BCUT2D eigenvalue weighted by Gasteiger charge is 2.66. The molecule has 4 rings (SSSR count). The van der Waals surface area contributed by atoms with Crippen LogP contribution in [0.1, 0.15) is 12.0 Å². The highest BCUT2D eigenvalue weighted by Crippen LogP contribution is 2.60. The van der Waals surface area contributed by atoms with Crippen LogP contribution >= 0.6 is 31.9 Å². The van der Waals surface area contributed by atoms with Crippen molar-refractivity contribution in [3.63, 3.8) is 0 Å². The summed E-state index contributed by atoms with van der Waals surface area (Å²) in [6, 6.07) is 7.43. The zero-order valence-corrected chi connectivity index (χ0v) is 16.8. The highest BCUT2D eigenvalue weighted by molar-refractivity contribution is 9.12. The quantitative estimate of drug-likeness (QED) is 0.546. The van der Waals surface area contributed by atoms with Crippen molar-refractivity contribution < 1.29 is 14.4 Å². The van der Waals surface area contributed by atoms with Crippen LogP contribution in [-0.2, 0) is 14.4 Å². The Bertz CT molecular complexity index is 736. The van der Waals surface area contributed by atoms with E-state index in [9.17, 15) is 14.4 Å². The summed E-state index contributed by atoms with van der Waals surface area (Å²) in [6.45, 7) is 1.69. The van der Waals surface area contributed by atoms with Gasteiger partial charge in [-0.25, -0.2) is 0 Å². The summed E-state index contributed by atoms with van der Waals surface area (Å²) in [4.78, 5) is 39.5. The Morgan fingerprint density at radius 3 is 2.24 bits per heavy atom. The minimum Gasteiger partial charge on any atom is -0.324 e. The molecule has 3 aliphatic rings. The van der Waals surface area contributed by atoms with Gasteiger partial charge in [-0.3, -0.25) is 19.3 Å². The lowest BCUT2D eigenvalue weighted by molar-refractivity contribution is -0.143. The molecule has 7 heteroatoms. The number of likely N-dealkylation sites (tertiary alicyclic amines) is 1. The molecule has 0 spiro atoms. The number of nitrogens with one attached hydrogen (secondary N) is 1. The van der Waals surface area contributed by atoms with E-state index in [1.54, 1.807) is 6.07 Å². The van der Waals surface area contributed by atoms with Crippen LogP contribution in [0.15, 0.2) is 24.3 Å². The van der Waals surface area contributed by atoms with E-state index in [2.05, 4.69) is 37.2 Å². The first-order valence-electron chi connectivity index (χ1n) is 8.39. The topological polar surface area (TPSA) is 66.5 Å². The molecule has 5 nitrogen and oxygen atoms in total. The number of rotatable bonds is 3. The van der Waals surface area contributed by atoms with Crippen LogP contribution < -0.4 is 5.32 Å². The van der Waals surface area contributed by atoms with Crippen LogP contribution in [0.4, 0.5) is 5.69 Å². The summed E-state index contributed by atoms with van der Waals surface area (Å²) in [5.74, 6) is -0.934. The maximum absolute atomic E-state index is 12.8. The molecule has 0 aromatic heterocycles. The third kappa shape index (κ3) is 2.58. The first kappa shape index (κ1) is 17.2. The average Bonchev–Trinajstić information content (AvgIpc) is 3.17. The van der Waals surface area contributed by atoms with Gasteiger partial charge in [-0.05, 0) is 36.8 Å². The van der Waals surface area contributed by atoms with Gasteiger partial charge in [-0.1, -0.05) is 50.1 Å². The van der Waals surface area contributed by atoms with Gasteiger partial charge in [0.15, 0.2) is 0 Å². The number of para-hydroxylation sites is 1. The molecule has 0 unspecified atom stereocenters. The largest absolute Gasteiger partial charge is 0.324 e. The van der Waals surface area contributed by atoms with Crippen LogP contribution in [-0.4, -0.2) is 38.8 Å². The van der Waals surface area contributed by atoms with Gasteiger partial charge in [0, 0.05) is 15.3 Å². The van der Waals surface area contributed by atoms with Crippen LogP contribution in [0, 0.1) is 30.6 Å². The lowest BCUT2D eigenvalue weighted by atomic mass is 9.81. The molecular formula is C18H18Br2N2O3. The number of fused-ring (bicyclic) bond motifs is 5. The number of imide groups is 1. The Kier molecular flexibility index (Phi) is 4.27. The standard InChI is InChI=1S/C18H18Br2N2O3/c1-8-4-2-3-5-11(8)21-12(23)7-22-17(24)13-9-6-10(14(13)18(22)25)16(20)15(9)19/h2-5,9-10,13-16H,6-7H2,1H3,(H,21,23)/t9-,10-,13-,14-,15-,16+/m1/s1. The van der Waals surface area contributed by atoms with E-state index in [-0.39, 0.29) is 57.6 Å². The first-order chi connectivity index (χ1) is 11.9.